The lowest BCUT2D eigenvalue weighted by Crippen LogP contribution is -2.53. The van der Waals surface area contributed by atoms with E-state index in [9.17, 15) is 9.59 Å². The number of amides is 2. The minimum Gasteiger partial charge on any atom is -0.383 e. The molecule has 2 amide bonds. The maximum Gasteiger partial charge on any atom is 0.249 e. The van der Waals surface area contributed by atoms with E-state index < -0.39 is 5.41 Å². The van der Waals surface area contributed by atoms with Gasteiger partial charge in [-0.3, -0.25) is 9.59 Å². The van der Waals surface area contributed by atoms with Crippen molar-refractivity contribution in [3.8, 4) is 0 Å². The number of nitrogens with zero attached hydrogens (tertiary/aromatic N) is 1. The lowest BCUT2D eigenvalue weighted by atomic mass is 9.74. The molecule has 0 unspecified atom stereocenters. The van der Waals surface area contributed by atoms with Gasteiger partial charge in [-0.15, -0.1) is 0 Å². The zero-order chi connectivity index (χ0) is 19.0. The molecule has 5 nitrogen and oxygen atoms in total. The summed E-state index contributed by atoms with van der Waals surface area (Å²) in [5, 5.41) is 2.94. The number of carbonyl (C=O) groups is 2. The number of methoxy groups -OCH3 is 1. The number of anilines is 1. The molecule has 1 saturated heterocycles. The van der Waals surface area contributed by atoms with Crippen LogP contribution in [0.15, 0.2) is 53.0 Å². The number of fused-ring (bicyclic) bond motifs is 1. The number of nitrogens with one attached hydrogen (secondary N) is 1. The lowest BCUT2D eigenvalue weighted by Gasteiger charge is -2.34. The standard InChI is InChI=1S/C21H21BrN2O3/c1-27-13-15-9-6-12-24(15)20(26)21(14-7-3-2-4-8-14)16-10-5-11-17(22)18(16)23-19(21)25/h2-5,7-8,10-11,15H,6,9,12-13H2,1H3,(H,23,25)/t15-,21-/m0/s1. The Hall–Kier alpha value is -2.18. The van der Waals surface area contributed by atoms with Gasteiger partial charge in [-0.05, 0) is 40.4 Å². The molecule has 2 aromatic carbocycles. The molecule has 0 aromatic heterocycles. The van der Waals surface area contributed by atoms with Crippen molar-refractivity contribution >= 4 is 33.4 Å². The van der Waals surface area contributed by atoms with Crippen molar-refractivity contribution in [2.45, 2.75) is 24.3 Å². The van der Waals surface area contributed by atoms with Gasteiger partial charge in [0.05, 0.1) is 18.3 Å². The third-order valence-electron chi connectivity index (χ3n) is 5.52. The number of para-hydroxylation sites is 1. The summed E-state index contributed by atoms with van der Waals surface area (Å²) in [6.07, 6.45) is 1.80. The highest BCUT2D eigenvalue weighted by molar-refractivity contribution is 9.10. The quantitative estimate of drug-likeness (QED) is 0.759. The number of carbonyl (C=O) groups excluding carboxylic acids is 2. The van der Waals surface area contributed by atoms with Crippen LogP contribution in [0.2, 0.25) is 0 Å². The summed E-state index contributed by atoms with van der Waals surface area (Å²) in [5.74, 6) is -0.480. The number of halogens is 1. The van der Waals surface area contributed by atoms with Gasteiger partial charge in [0.1, 0.15) is 0 Å². The van der Waals surface area contributed by atoms with Crippen LogP contribution < -0.4 is 5.32 Å². The molecule has 1 fully saturated rings. The predicted molar refractivity (Wildman–Crippen MR) is 107 cm³/mol. The van der Waals surface area contributed by atoms with Crippen LogP contribution in [0.3, 0.4) is 0 Å². The molecule has 2 aliphatic heterocycles. The molecule has 6 heteroatoms. The Balaban J connectivity index is 1.91. The maximum absolute atomic E-state index is 13.9. The first kappa shape index (κ1) is 18.2. The van der Waals surface area contributed by atoms with Gasteiger partial charge in [0.2, 0.25) is 11.8 Å². The second-order valence-electron chi connectivity index (χ2n) is 6.98. The van der Waals surface area contributed by atoms with Crippen LogP contribution in [-0.4, -0.2) is 43.0 Å². The molecule has 27 heavy (non-hydrogen) atoms. The molecule has 4 rings (SSSR count). The molecule has 2 heterocycles. The number of rotatable bonds is 4. The highest BCUT2D eigenvalue weighted by Crippen LogP contribution is 2.47. The van der Waals surface area contributed by atoms with Gasteiger partial charge >= 0.3 is 0 Å². The number of ether oxygens (including phenoxy) is 1. The first-order chi connectivity index (χ1) is 13.1. The van der Waals surface area contributed by atoms with Crippen LogP contribution in [0.4, 0.5) is 5.69 Å². The molecular weight excluding hydrogens is 408 g/mol. The minimum atomic E-state index is -1.38. The average Bonchev–Trinajstić information content (AvgIpc) is 3.26. The number of hydrogen-bond donors (Lipinski definition) is 1. The van der Waals surface area contributed by atoms with E-state index in [2.05, 4.69) is 21.2 Å². The van der Waals surface area contributed by atoms with E-state index in [0.717, 1.165) is 17.3 Å². The SMILES string of the molecule is COC[C@@H]1CCCN1C(=O)[C@]1(c2ccccc2)C(=O)Nc2c(Br)cccc21. The third kappa shape index (κ3) is 2.70. The van der Waals surface area contributed by atoms with Crippen LogP contribution in [0, 0.1) is 0 Å². The summed E-state index contributed by atoms with van der Waals surface area (Å²) in [6.45, 7) is 1.11. The van der Waals surface area contributed by atoms with Crippen molar-refractivity contribution in [3.63, 3.8) is 0 Å². The van der Waals surface area contributed by atoms with Crippen molar-refractivity contribution in [2.75, 3.05) is 25.6 Å². The topological polar surface area (TPSA) is 58.6 Å². The summed E-state index contributed by atoms with van der Waals surface area (Å²) in [4.78, 5) is 29.1. The minimum absolute atomic E-state index is 0.00732. The third-order valence-corrected chi connectivity index (χ3v) is 6.18. The summed E-state index contributed by atoms with van der Waals surface area (Å²) >= 11 is 3.51. The molecule has 0 spiro atoms. The van der Waals surface area contributed by atoms with Gasteiger partial charge < -0.3 is 15.0 Å². The molecular formula is C21H21BrN2O3. The summed E-state index contributed by atoms with van der Waals surface area (Å²) < 4.78 is 6.09. The van der Waals surface area contributed by atoms with Crippen LogP contribution in [0.5, 0.6) is 0 Å². The summed E-state index contributed by atoms with van der Waals surface area (Å²) in [7, 11) is 1.64. The average molecular weight is 429 g/mol. The second-order valence-corrected chi connectivity index (χ2v) is 7.84. The summed E-state index contributed by atoms with van der Waals surface area (Å²) in [5.41, 5.74) is 0.673. The molecule has 0 radical (unpaired) electrons. The van der Waals surface area contributed by atoms with Gasteiger partial charge in [0.25, 0.3) is 0 Å². The van der Waals surface area contributed by atoms with E-state index in [1.165, 1.54) is 0 Å². The Kier molecular flexibility index (Phi) is 4.78. The van der Waals surface area contributed by atoms with Crippen LogP contribution in [0.1, 0.15) is 24.0 Å². The van der Waals surface area contributed by atoms with Crippen molar-refractivity contribution in [3.05, 3.63) is 64.1 Å². The van der Waals surface area contributed by atoms with E-state index in [-0.39, 0.29) is 17.9 Å². The van der Waals surface area contributed by atoms with Crippen molar-refractivity contribution in [1.82, 2.24) is 4.90 Å². The highest BCUT2D eigenvalue weighted by atomic mass is 79.9. The van der Waals surface area contributed by atoms with Gasteiger partial charge in [-0.25, -0.2) is 0 Å². The van der Waals surface area contributed by atoms with Gasteiger partial charge in [-0.1, -0.05) is 42.5 Å². The van der Waals surface area contributed by atoms with E-state index in [1.807, 2.05) is 53.4 Å². The van der Waals surface area contributed by atoms with Gasteiger partial charge in [0, 0.05) is 23.7 Å². The molecule has 2 atom stereocenters. The fourth-order valence-electron chi connectivity index (χ4n) is 4.29. The Morgan fingerprint density at radius 2 is 2.04 bits per heavy atom. The highest BCUT2D eigenvalue weighted by Gasteiger charge is 2.57. The summed E-state index contributed by atoms with van der Waals surface area (Å²) in [6, 6.07) is 14.9. The zero-order valence-corrected chi connectivity index (χ0v) is 16.7. The number of benzene rings is 2. The van der Waals surface area contributed by atoms with E-state index in [1.54, 1.807) is 7.11 Å². The fourth-order valence-corrected chi connectivity index (χ4v) is 4.75. The molecule has 2 aromatic rings. The largest absolute Gasteiger partial charge is 0.383 e. The van der Waals surface area contributed by atoms with Crippen LogP contribution in [-0.2, 0) is 19.7 Å². The van der Waals surface area contributed by atoms with Crippen molar-refractivity contribution < 1.29 is 14.3 Å². The Labute approximate surface area is 166 Å². The normalized spacial score (nSPS) is 24.0. The predicted octanol–water partition coefficient (Wildman–Crippen LogP) is 3.32. The lowest BCUT2D eigenvalue weighted by molar-refractivity contribution is -0.141. The Morgan fingerprint density at radius 3 is 2.78 bits per heavy atom. The monoisotopic (exact) mass is 428 g/mol. The fraction of sp³-hybridized carbons (Fsp3) is 0.333. The maximum atomic E-state index is 13.9. The first-order valence-electron chi connectivity index (χ1n) is 9.06. The van der Waals surface area contributed by atoms with Gasteiger partial charge in [0.15, 0.2) is 5.41 Å². The van der Waals surface area contributed by atoms with Crippen LogP contribution >= 0.6 is 15.9 Å². The number of hydrogen-bond acceptors (Lipinski definition) is 3. The molecule has 2 aliphatic rings. The smallest absolute Gasteiger partial charge is 0.249 e. The first-order valence-corrected chi connectivity index (χ1v) is 9.86. The molecule has 0 saturated carbocycles. The Bertz CT molecular complexity index is 886. The van der Waals surface area contributed by atoms with E-state index in [4.69, 9.17) is 4.74 Å². The van der Waals surface area contributed by atoms with E-state index in [0.29, 0.717) is 30.0 Å². The van der Waals surface area contributed by atoms with Gasteiger partial charge in [-0.2, -0.15) is 0 Å². The van der Waals surface area contributed by atoms with Crippen molar-refractivity contribution in [1.29, 1.82) is 0 Å². The number of likely N-dealkylation sites (tertiary alicyclic amines) is 1. The molecule has 0 bridgehead atoms. The zero-order valence-electron chi connectivity index (χ0n) is 15.1. The molecule has 1 N–H and O–H groups in total. The Morgan fingerprint density at radius 1 is 1.26 bits per heavy atom. The molecule has 140 valence electrons. The van der Waals surface area contributed by atoms with E-state index >= 15 is 0 Å². The van der Waals surface area contributed by atoms with Crippen LogP contribution in [0.25, 0.3) is 0 Å². The van der Waals surface area contributed by atoms with Crippen molar-refractivity contribution in [2.24, 2.45) is 0 Å². The molecule has 0 aliphatic carbocycles. The second kappa shape index (κ2) is 7.09.